The van der Waals surface area contributed by atoms with Gasteiger partial charge < -0.3 is 19.5 Å². The molecule has 1 fully saturated rings. The van der Waals surface area contributed by atoms with Crippen molar-refractivity contribution in [2.45, 2.75) is 6.54 Å². The number of fused-ring (bicyclic) bond motifs is 1. The lowest BCUT2D eigenvalue weighted by Gasteiger charge is -2.26. The van der Waals surface area contributed by atoms with Gasteiger partial charge in [-0.25, -0.2) is 0 Å². The van der Waals surface area contributed by atoms with Crippen molar-refractivity contribution < 1.29 is 14.3 Å². The molecule has 1 saturated heterocycles. The van der Waals surface area contributed by atoms with Crippen LogP contribution in [0.5, 0.6) is 0 Å². The van der Waals surface area contributed by atoms with Gasteiger partial charge in [0.1, 0.15) is 6.54 Å². The fourth-order valence-corrected chi connectivity index (χ4v) is 3.28. The van der Waals surface area contributed by atoms with Crippen molar-refractivity contribution in [3.8, 4) is 0 Å². The number of nitrogens with zero attached hydrogens (tertiary/aromatic N) is 2. The molecule has 2 amide bonds. The molecule has 0 spiro atoms. The van der Waals surface area contributed by atoms with Gasteiger partial charge in [0.25, 0.3) is 5.91 Å². The van der Waals surface area contributed by atoms with Crippen LogP contribution < -0.4 is 5.32 Å². The van der Waals surface area contributed by atoms with Crippen LogP contribution in [-0.2, 0) is 16.1 Å². The van der Waals surface area contributed by atoms with E-state index >= 15 is 0 Å². The van der Waals surface area contributed by atoms with E-state index in [-0.39, 0.29) is 18.4 Å². The second-order valence-corrected chi connectivity index (χ2v) is 6.53. The van der Waals surface area contributed by atoms with Gasteiger partial charge in [-0.3, -0.25) is 9.59 Å². The maximum Gasteiger partial charge on any atom is 0.254 e. The number of carbonyl (C=O) groups excluding carboxylic acids is 2. The first-order valence-corrected chi connectivity index (χ1v) is 9.01. The number of morpholine rings is 1. The number of hydrogen-bond donors (Lipinski definition) is 1. The highest BCUT2D eigenvalue weighted by Gasteiger charge is 2.18. The van der Waals surface area contributed by atoms with Crippen molar-refractivity contribution in [1.82, 2.24) is 9.47 Å². The van der Waals surface area contributed by atoms with Crippen molar-refractivity contribution in [1.29, 1.82) is 0 Å². The van der Waals surface area contributed by atoms with Crippen LogP contribution in [-0.4, -0.2) is 47.6 Å². The highest BCUT2D eigenvalue weighted by Crippen LogP contribution is 2.16. The van der Waals surface area contributed by atoms with E-state index in [0.717, 1.165) is 10.9 Å². The molecule has 138 valence electrons. The zero-order valence-corrected chi connectivity index (χ0v) is 14.9. The fourth-order valence-electron chi connectivity index (χ4n) is 3.28. The Labute approximate surface area is 157 Å². The average Bonchev–Trinajstić information content (AvgIpc) is 3.11. The number of ether oxygens (including phenoxy) is 1. The summed E-state index contributed by atoms with van der Waals surface area (Å²) in [4.78, 5) is 26.6. The standard InChI is InChI=1S/C21H21N3O3/c25-20(15-24-10-9-16-3-1-2-4-19(16)24)22-18-7-5-17(6-8-18)21(26)23-11-13-27-14-12-23/h1-10H,11-15H2,(H,22,25). The van der Waals surface area contributed by atoms with Crippen molar-refractivity contribution in [3.63, 3.8) is 0 Å². The summed E-state index contributed by atoms with van der Waals surface area (Å²) in [6, 6.07) is 17.0. The number of amides is 2. The third-order valence-electron chi connectivity index (χ3n) is 4.71. The Balaban J connectivity index is 1.39. The first kappa shape index (κ1) is 17.3. The van der Waals surface area contributed by atoms with Crippen molar-refractivity contribution in [3.05, 3.63) is 66.4 Å². The largest absolute Gasteiger partial charge is 0.378 e. The van der Waals surface area contributed by atoms with E-state index in [1.165, 1.54) is 0 Å². The topological polar surface area (TPSA) is 63.6 Å². The van der Waals surface area contributed by atoms with E-state index in [2.05, 4.69) is 5.32 Å². The minimum absolute atomic E-state index is 0.00464. The number of carbonyl (C=O) groups is 2. The van der Waals surface area contributed by atoms with Gasteiger partial charge in [-0.05, 0) is 41.8 Å². The number of nitrogens with one attached hydrogen (secondary N) is 1. The van der Waals surface area contributed by atoms with Crippen LogP contribution in [0.3, 0.4) is 0 Å². The lowest BCUT2D eigenvalue weighted by atomic mass is 10.1. The Kier molecular flexibility index (Phi) is 4.89. The van der Waals surface area contributed by atoms with Gasteiger partial charge in [-0.15, -0.1) is 0 Å². The number of benzene rings is 2. The SMILES string of the molecule is O=C(Cn1ccc2ccccc21)Nc1ccc(C(=O)N2CCOCC2)cc1. The Bertz CT molecular complexity index is 956. The van der Waals surface area contributed by atoms with Gasteiger partial charge in [0, 0.05) is 36.1 Å². The summed E-state index contributed by atoms with van der Waals surface area (Å²) < 4.78 is 7.19. The Hall–Kier alpha value is -3.12. The minimum atomic E-state index is -0.108. The van der Waals surface area contributed by atoms with Crippen LogP contribution in [0.2, 0.25) is 0 Å². The summed E-state index contributed by atoms with van der Waals surface area (Å²) in [6.45, 7) is 2.62. The molecular weight excluding hydrogens is 342 g/mol. The molecule has 27 heavy (non-hydrogen) atoms. The van der Waals surface area contributed by atoms with Crippen molar-refractivity contribution in [2.75, 3.05) is 31.6 Å². The molecule has 0 radical (unpaired) electrons. The second kappa shape index (κ2) is 7.63. The molecular formula is C21H21N3O3. The van der Waals surface area contributed by atoms with Gasteiger partial charge >= 0.3 is 0 Å². The lowest BCUT2D eigenvalue weighted by Crippen LogP contribution is -2.40. The molecule has 0 saturated carbocycles. The van der Waals surface area contributed by atoms with Gasteiger partial charge in [0.15, 0.2) is 0 Å². The first-order valence-electron chi connectivity index (χ1n) is 9.01. The van der Waals surface area contributed by atoms with E-state index in [0.29, 0.717) is 37.6 Å². The van der Waals surface area contributed by atoms with E-state index in [1.54, 1.807) is 29.2 Å². The van der Waals surface area contributed by atoms with Gasteiger partial charge in [0.2, 0.25) is 5.91 Å². The molecule has 2 aromatic carbocycles. The van der Waals surface area contributed by atoms with E-state index in [9.17, 15) is 9.59 Å². The molecule has 1 aliphatic heterocycles. The summed E-state index contributed by atoms with van der Waals surface area (Å²) in [5, 5.41) is 3.99. The summed E-state index contributed by atoms with van der Waals surface area (Å²) >= 11 is 0. The minimum Gasteiger partial charge on any atom is -0.378 e. The monoisotopic (exact) mass is 363 g/mol. The van der Waals surface area contributed by atoms with Crippen LogP contribution in [0.15, 0.2) is 60.8 Å². The van der Waals surface area contributed by atoms with E-state index in [1.807, 2.05) is 41.1 Å². The van der Waals surface area contributed by atoms with E-state index < -0.39 is 0 Å². The van der Waals surface area contributed by atoms with Crippen LogP contribution in [0.4, 0.5) is 5.69 Å². The van der Waals surface area contributed by atoms with Crippen molar-refractivity contribution >= 4 is 28.4 Å². The van der Waals surface area contributed by atoms with Crippen molar-refractivity contribution in [2.24, 2.45) is 0 Å². The van der Waals surface area contributed by atoms with Crippen LogP contribution in [0.1, 0.15) is 10.4 Å². The Morgan fingerprint density at radius 2 is 1.70 bits per heavy atom. The van der Waals surface area contributed by atoms with Gasteiger partial charge in [-0.1, -0.05) is 18.2 Å². The second-order valence-electron chi connectivity index (χ2n) is 6.53. The van der Waals surface area contributed by atoms with Crippen LogP contribution in [0.25, 0.3) is 10.9 Å². The molecule has 4 rings (SSSR count). The summed E-state index contributed by atoms with van der Waals surface area (Å²) in [6.07, 6.45) is 1.91. The maximum atomic E-state index is 12.4. The number of anilines is 1. The van der Waals surface area contributed by atoms with Gasteiger partial charge in [-0.2, -0.15) is 0 Å². The molecule has 0 atom stereocenters. The highest BCUT2D eigenvalue weighted by atomic mass is 16.5. The fraction of sp³-hybridized carbons (Fsp3) is 0.238. The molecule has 6 nitrogen and oxygen atoms in total. The predicted octanol–water partition coefficient (Wildman–Crippen LogP) is 2.75. The molecule has 6 heteroatoms. The zero-order chi connectivity index (χ0) is 18.6. The molecule has 3 aromatic rings. The van der Waals surface area contributed by atoms with Crippen LogP contribution >= 0.6 is 0 Å². The summed E-state index contributed by atoms with van der Waals surface area (Å²) in [5.41, 5.74) is 2.32. The molecule has 1 aliphatic rings. The number of rotatable bonds is 4. The average molecular weight is 363 g/mol. The molecule has 2 heterocycles. The molecule has 0 aliphatic carbocycles. The van der Waals surface area contributed by atoms with Gasteiger partial charge in [0.05, 0.1) is 13.2 Å². The van der Waals surface area contributed by atoms with E-state index in [4.69, 9.17) is 4.74 Å². The van der Waals surface area contributed by atoms with Crippen LogP contribution in [0, 0.1) is 0 Å². The summed E-state index contributed by atoms with van der Waals surface area (Å²) in [7, 11) is 0. The lowest BCUT2D eigenvalue weighted by molar-refractivity contribution is -0.116. The third-order valence-corrected chi connectivity index (χ3v) is 4.71. The quantitative estimate of drug-likeness (QED) is 0.775. The maximum absolute atomic E-state index is 12.4. The number of hydrogen-bond acceptors (Lipinski definition) is 3. The predicted molar refractivity (Wildman–Crippen MR) is 104 cm³/mol. The molecule has 1 aromatic heterocycles. The molecule has 0 bridgehead atoms. The summed E-state index contributed by atoms with van der Waals surface area (Å²) in [5.74, 6) is -0.112. The zero-order valence-electron chi connectivity index (χ0n) is 14.9. The molecule has 0 unspecified atom stereocenters. The smallest absolute Gasteiger partial charge is 0.254 e. The Morgan fingerprint density at radius 3 is 2.48 bits per heavy atom. The number of aromatic nitrogens is 1. The number of para-hydroxylation sites is 1. The molecule has 1 N–H and O–H groups in total. The Morgan fingerprint density at radius 1 is 0.963 bits per heavy atom. The third kappa shape index (κ3) is 3.85. The normalized spacial score (nSPS) is 14.3. The first-order chi connectivity index (χ1) is 13.2. The highest BCUT2D eigenvalue weighted by molar-refractivity contribution is 5.96.